The zero-order valence-corrected chi connectivity index (χ0v) is 8.10. The van der Waals surface area contributed by atoms with Crippen molar-refractivity contribution in [1.29, 1.82) is 0 Å². The van der Waals surface area contributed by atoms with Gasteiger partial charge in [-0.25, -0.2) is 0 Å². The van der Waals surface area contributed by atoms with Crippen LogP contribution in [0.2, 0.25) is 0 Å². The van der Waals surface area contributed by atoms with E-state index >= 15 is 0 Å². The fourth-order valence-electron chi connectivity index (χ4n) is 1.58. The predicted molar refractivity (Wildman–Crippen MR) is 61.5 cm³/mol. The number of rotatable bonds is 1. The molecular weight excluding hydrogens is 188 g/mol. The number of nitrogens with zero attached hydrogens (tertiary/aromatic N) is 1. The normalized spacial score (nSPS) is 10.1. The zero-order chi connectivity index (χ0) is 10.8. The molecule has 1 aromatic heterocycles. The molecule has 0 atom stereocenters. The second-order valence-electron chi connectivity index (χ2n) is 3.28. The average Bonchev–Trinajstić information content (AvgIpc) is 2.22. The molecular formula is C12H10N2O. The maximum atomic E-state index is 11.5. The van der Waals surface area contributed by atoms with Gasteiger partial charge in [-0.3, -0.25) is 9.36 Å². The van der Waals surface area contributed by atoms with Crippen LogP contribution in [0.5, 0.6) is 0 Å². The Bertz CT molecular complexity index is 605. The Hall–Kier alpha value is -2.21. The largest absolute Gasteiger partial charge is 0.399 e. The molecule has 3 nitrogen and oxygen atoms in total. The van der Waals surface area contributed by atoms with Gasteiger partial charge in [0.1, 0.15) is 0 Å². The van der Waals surface area contributed by atoms with E-state index < -0.39 is 0 Å². The van der Waals surface area contributed by atoms with E-state index in [1.807, 2.05) is 12.1 Å². The van der Waals surface area contributed by atoms with E-state index in [-0.39, 0.29) is 12.1 Å². The molecule has 0 aliphatic rings. The van der Waals surface area contributed by atoms with Crippen molar-refractivity contribution in [2.75, 3.05) is 5.73 Å². The second-order valence-corrected chi connectivity index (χ2v) is 3.28. The summed E-state index contributed by atoms with van der Waals surface area (Å²) < 4.78 is 1.55. The van der Waals surface area contributed by atoms with Gasteiger partial charge in [0.2, 0.25) is 0 Å². The SMILES string of the molecule is C#CCn1c(=O)ccc2cc(N)ccc21. The van der Waals surface area contributed by atoms with Gasteiger partial charge in [-0.05, 0) is 24.3 Å². The minimum atomic E-state index is -0.0924. The molecule has 2 N–H and O–H groups in total. The lowest BCUT2D eigenvalue weighted by atomic mass is 10.2. The van der Waals surface area contributed by atoms with Gasteiger partial charge in [-0.2, -0.15) is 0 Å². The molecule has 0 amide bonds. The van der Waals surface area contributed by atoms with Crippen molar-refractivity contribution < 1.29 is 0 Å². The van der Waals surface area contributed by atoms with Crippen molar-refractivity contribution in [1.82, 2.24) is 4.57 Å². The lowest BCUT2D eigenvalue weighted by Gasteiger charge is -2.06. The minimum Gasteiger partial charge on any atom is -0.399 e. The first-order valence-corrected chi connectivity index (χ1v) is 4.55. The van der Waals surface area contributed by atoms with Crippen LogP contribution in [0, 0.1) is 12.3 Å². The Kier molecular flexibility index (Phi) is 2.18. The van der Waals surface area contributed by atoms with E-state index in [1.54, 1.807) is 16.7 Å². The van der Waals surface area contributed by atoms with Crippen molar-refractivity contribution >= 4 is 16.6 Å². The van der Waals surface area contributed by atoms with Gasteiger partial charge in [0.05, 0.1) is 12.1 Å². The predicted octanol–water partition coefficient (Wildman–Crippen LogP) is 1.22. The summed E-state index contributed by atoms with van der Waals surface area (Å²) in [4.78, 5) is 11.5. The van der Waals surface area contributed by atoms with Gasteiger partial charge < -0.3 is 5.73 Å². The van der Waals surface area contributed by atoms with Crippen LogP contribution in [-0.4, -0.2) is 4.57 Å². The summed E-state index contributed by atoms with van der Waals surface area (Å²) in [5.74, 6) is 2.46. The van der Waals surface area contributed by atoms with Crippen LogP contribution < -0.4 is 11.3 Å². The highest BCUT2D eigenvalue weighted by Gasteiger charge is 2.01. The molecule has 3 heteroatoms. The quantitative estimate of drug-likeness (QED) is 0.553. The molecule has 2 rings (SSSR count). The number of fused-ring (bicyclic) bond motifs is 1. The second kappa shape index (κ2) is 3.50. The molecule has 2 aromatic rings. The smallest absolute Gasteiger partial charge is 0.251 e. The molecule has 0 bridgehead atoms. The maximum absolute atomic E-state index is 11.5. The number of anilines is 1. The van der Waals surface area contributed by atoms with Crippen LogP contribution in [-0.2, 0) is 6.54 Å². The van der Waals surface area contributed by atoms with Crippen molar-refractivity contribution in [3.05, 3.63) is 40.7 Å². The first-order chi connectivity index (χ1) is 7.22. The number of aromatic nitrogens is 1. The highest BCUT2D eigenvalue weighted by molar-refractivity contribution is 5.82. The lowest BCUT2D eigenvalue weighted by molar-refractivity contribution is 0.836. The Morgan fingerprint density at radius 1 is 1.33 bits per heavy atom. The van der Waals surface area contributed by atoms with Gasteiger partial charge in [-0.15, -0.1) is 6.42 Å². The van der Waals surface area contributed by atoms with E-state index in [4.69, 9.17) is 12.2 Å². The highest BCUT2D eigenvalue weighted by atomic mass is 16.1. The molecule has 0 aliphatic carbocycles. The number of nitrogens with two attached hydrogens (primary N) is 1. The van der Waals surface area contributed by atoms with Gasteiger partial charge >= 0.3 is 0 Å². The van der Waals surface area contributed by atoms with Crippen LogP contribution in [0.15, 0.2) is 35.1 Å². The first kappa shape index (κ1) is 9.35. The molecule has 74 valence electrons. The van der Waals surface area contributed by atoms with Crippen LogP contribution in [0.25, 0.3) is 10.9 Å². The Labute approximate surface area is 87.1 Å². The van der Waals surface area contributed by atoms with Gasteiger partial charge in [-0.1, -0.05) is 5.92 Å². The summed E-state index contributed by atoms with van der Waals surface area (Å²) in [5.41, 5.74) is 7.05. The summed E-state index contributed by atoms with van der Waals surface area (Å²) in [6.45, 7) is 0.278. The number of benzene rings is 1. The fraction of sp³-hybridized carbons (Fsp3) is 0.0833. The fourth-order valence-corrected chi connectivity index (χ4v) is 1.58. The molecule has 0 spiro atoms. The summed E-state index contributed by atoms with van der Waals surface area (Å²) in [6.07, 6.45) is 5.22. The Morgan fingerprint density at radius 2 is 2.13 bits per heavy atom. The highest BCUT2D eigenvalue weighted by Crippen LogP contribution is 2.15. The summed E-state index contributed by atoms with van der Waals surface area (Å²) in [5, 5.41) is 0.921. The van der Waals surface area contributed by atoms with E-state index in [0.29, 0.717) is 5.69 Å². The molecule has 0 unspecified atom stereocenters. The van der Waals surface area contributed by atoms with E-state index in [9.17, 15) is 4.79 Å². The standard InChI is InChI=1S/C12H10N2O/c1-2-7-14-11-5-4-10(13)8-9(11)3-6-12(14)15/h1,3-6,8H,7,13H2. The first-order valence-electron chi connectivity index (χ1n) is 4.55. The Balaban J connectivity index is 2.83. The number of hydrogen-bond acceptors (Lipinski definition) is 2. The van der Waals surface area contributed by atoms with Gasteiger partial charge in [0.15, 0.2) is 0 Å². The molecule has 0 aliphatic heterocycles. The average molecular weight is 198 g/mol. The molecule has 0 radical (unpaired) electrons. The van der Waals surface area contributed by atoms with Crippen LogP contribution in [0.4, 0.5) is 5.69 Å². The zero-order valence-electron chi connectivity index (χ0n) is 8.10. The van der Waals surface area contributed by atoms with Crippen LogP contribution >= 0.6 is 0 Å². The summed E-state index contributed by atoms with van der Waals surface area (Å²) >= 11 is 0. The van der Waals surface area contributed by atoms with Crippen molar-refractivity contribution in [3.8, 4) is 12.3 Å². The van der Waals surface area contributed by atoms with Crippen molar-refractivity contribution in [3.63, 3.8) is 0 Å². The van der Waals surface area contributed by atoms with E-state index in [1.165, 1.54) is 6.07 Å². The summed E-state index contributed by atoms with van der Waals surface area (Å²) in [6, 6.07) is 8.64. The lowest BCUT2D eigenvalue weighted by Crippen LogP contribution is -2.18. The van der Waals surface area contributed by atoms with Gasteiger partial charge in [0.25, 0.3) is 5.56 Å². The molecule has 0 saturated heterocycles. The monoisotopic (exact) mass is 198 g/mol. The topological polar surface area (TPSA) is 48.0 Å². The Morgan fingerprint density at radius 3 is 2.87 bits per heavy atom. The van der Waals surface area contributed by atoms with Crippen molar-refractivity contribution in [2.45, 2.75) is 6.54 Å². The number of terminal acetylenes is 1. The maximum Gasteiger partial charge on any atom is 0.251 e. The third-order valence-corrected chi connectivity index (χ3v) is 2.26. The van der Waals surface area contributed by atoms with Crippen LogP contribution in [0.3, 0.4) is 0 Å². The number of nitrogen functional groups attached to an aromatic ring is 1. The molecule has 1 heterocycles. The molecule has 1 aromatic carbocycles. The third kappa shape index (κ3) is 1.57. The van der Waals surface area contributed by atoms with E-state index in [2.05, 4.69) is 5.92 Å². The summed E-state index contributed by atoms with van der Waals surface area (Å²) in [7, 11) is 0. The molecule has 0 saturated carbocycles. The molecule has 0 fully saturated rings. The third-order valence-electron chi connectivity index (χ3n) is 2.26. The van der Waals surface area contributed by atoms with Crippen LogP contribution in [0.1, 0.15) is 0 Å². The number of hydrogen-bond donors (Lipinski definition) is 1. The number of pyridine rings is 1. The molecule has 15 heavy (non-hydrogen) atoms. The van der Waals surface area contributed by atoms with Crippen molar-refractivity contribution in [2.24, 2.45) is 0 Å². The minimum absolute atomic E-state index is 0.0924. The van der Waals surface area contributed by atoms with E-state index in [0.717, 1.165) is 10.9 Å². The van der Waals surface area contributed by atoms with Gasteiger partial charge in [0, 0.05) is 17.1 Å².